The van der Waals surface area contributed by atoms with Crippen LogP contribution < -0.4 is 0 Å². The number of oxime groups is 1. The molecular weight excluding hydrogens is 329 g/mol. The molecule has 134 valence electrons. The lowest BCUT2D eigenvalue weighted by molar-refractivity contribution is -0.143. The predicted octanol–water partition coefficient (Wildman–Crippen LogP) is 1.62. The van der Waals surface area contributed by atoms with Crippen molar-refractivity contribution in [1.82, 2.24) is 9.80 Å². The molecule has 7 nitrogen and oxygen atoms in total. The SMILES string of the molecule is CCOC(=O)N1CCN(C(=O)C2CC(c3ccccc3F)=NO2)CC1. The lowest BCUT2D eigenvalue weighted by atomic mass is 10.0. The van der Waals surface area contributed by atoms with Gasteiger partial charge in [-0.1, -0.05) is 23.4 Å². The van der Waals surface area contributed by atoms with E-state index in [0.29, 0.717) is 44.1 Å². The van der Waals surface area contributed by atoms with E-state index >= 15 is 0 Å². The summed E-state index contributed by atoms with van der Waals surface area (Å²) >= 11 is 0. The van der Waals surface area contributed by atoms with Gasteiger partial charge in [-0.05, 0) is 13.0 Å². The summed E-state index contributed by atoms with van der Waals surface area (Å²) in [5.74, 6) is -0.584. The highest BCUT2D eigenvalue weighted by atomic mass is 19.1. The summed E-state index contributed by atoms with van der Waals surface area (Å²) in [4.78, 5) is 32.7. The minimum Gasteiger partial charge on any atom is -0.450 e. The van der Waals surface area contributed by atoms with Crippen LogP contribution in [0.25, 0.3) is 0 Å². The van der Waals surface area contributed by atoms with Gasteiger partial charge in [0.15, 0.2) is 0 Å². The number of amides is 2. The fourth-order valence-electron chi connectivity index (χ4n) is 2.89. The van der Waals surface area contributed by atoms with Crippen molar-refractivity contribution in [2.45, 2.75) is 19.4 Å². The minimum atomic E-state index is -0.747. The number of hydrogen-bond acceptors (Lipinski definition) is 5. The number of piperazine rings is 1. The van der Waals surface area contributed by atoms with Gasteiger partial charge in [-0.25, -0.2) is 9.18 Å². The molecule has 0 aliphatic carbocycles. The number of ether oxygens (including phenoxy) is 1. The van der Waals surface area contributed by atoms with Crippen molar-refractivity contribution >= 4 is 17.7 Å². The Kier molecular flexibility index (Phi) is 5.16. The molecule has 2 aliphatic heterocycles. The van der Waals surface area contributed by atoms with Crippen LogP contribution in [0.5, 0.6) is 0 Å². The molecule has 3 rings (SSSR count). The highest BCUT2D eigenvalue weighted by Crippen LogP contribution is 2.21. The number of hydrogen-bond donors (Lipinski definition) is 0. The Hall–Kier alpha value is -2.64. The molecule has 1 aromatic carbocycles. The van der Waals surface area contributed by atoms with E-state index in [-0.39, 0.29) is 24.2 Å². The van der Waals surface area contributed by atoms with E-state index in [0.717, 1.165) is 0 Å². The molecule has 2 heterocycles. The van der Waals surface area contributed by atoms with Gasteiger partial charge in [0, 0.05) is 38.2 Å². The largest absolute Gasteiger partial charge is 0.450 e. The molecule has 25 heavy (non-hydrogen) atoms. The number of carbonyl (C=O) groups is 2. The molecule has 1 atom stereocenters. The normalized spacial score (nSPS) is 20.1. The highest BCUT2D eigenvalue weighted by Gasteiger charge is 2.35. The third kappa shape index (κ3) is 3.72. The number of benzene rings is 1. The van der Waals surface area contributed by atoms with Gasteiger partial charge in [-0.15, -0.1) is 0 Å². The Morgan fingerprint density at radius 2 is 1.92 bits per heavy atom. The molecule has 0 spiro atoms. The molecule has 1 fully saturated rings. The van der Waals surface area contributed by atoms with E-state index in [2.05, 4.69) is 5.16 Å². The summed E-state index contributed by atoms with van der Waals surface area (Å²) in [6.45, 7) is 3.72. The van der Waals surface area contributed by atoms with Gasteiger partial charge in [0.25, 0.3) is 5.91 Å². The first-order chi connectivity index (χ1) is 12.1. The lowest BCUT2D eigenvalue weighted by Gasteiger charge is -2.34. The second kappa shape index (κ2) is 7.50. The maximum atomic E-state index is 13.8. The average molecular weight is 349 g/mol. The molecule has 0 radical (unpaired) electrons. The highest BCUT2D eigenvalue weighted by molar-refractivity contribution is 6.04. The van der Waals surface area contributed by atoms with Crippen LogP contribution in [0.2, 0.25) is 0 Å². The lowest BCUT2D eigenvalue weighted by Crippen LogP contribution is -2.53. The molecule has 0 saturated carbocycles. The van der Waals surface area contributed by atoms with Crippen molar-refractivity contribution in [3.63, 3.8) is 0 Å². The first-order valence-electron chi connectivity index (χ1n) is 8.28. The van der Waals surface area contributed by atoms with Gasteiger partial charge >= 0.3 is 6.09 Å². The summed E-state index contributed by atoms with van der Waals surface area (Å²) in [7, 11) is 0. The van der Waals surface area contributed by atoms with E-state index in [1.807, 2.05) is 0 Å². The molecule has 2 aliphatic rings. The molecule has 0 N–H and O–H groups in total. The van der Waals surface area contributed by atoms with Crippen molar-refractivity contribution in [1.29, 1.82) is 0 Å². The van der Waals surface area contributed by atoms with Crippen molar-refractivity contribution in [3.05, 3.63) is 35.6 Å². The first kappa shape index (κ1) is 17.2. The molecule has 2 amide bonds. The number of carbonyl (C=O) groups excluding carboxylic acids is 2. The molecule has 8 heteroatoms. The van der Waals surface area contributed by atoms with E-state index in [4.69, 9.17) is 9.57 Å². The number of rotatable bonds is 3. The van der Waals surface area contributed by atoms with E-state index < -0.39 is 6.10 Å². The number of nitrogens with zero attached hydrogens (tertiary/aromatic N) is 3. The topological polar surface area (TPSA) is 71.4 Å². The molecular formula is C17H20FN3O4. The summed E-state index contributed by atoms with van der Waals surface area (Å²) in [6.07, 6.45) is -0.877. The zero-order valence-electron chi connectivity index (χ0n) is 14.0. The Morgan fingerprint density at radius 1 is 1.24 bits per heavy atom. The zero-order chi connectivity index (χ0) is 17.8. The Bertz CT molecular complexity index is 686. The van der Waals surface area contributed by atoms with Crippen LogP contribution in [0, 0.1) is 5.82 Å². The van der Waals surface area contributed by atoms with Crippen LogP contribution >= 0.6 is 0 Å². The van der Waals surface area contributed by atoms with Crippen LogP contribution in [0.15, 0.2) is 29.4 Å². The van der Waals surface area contributed by atoms with Gasteiger partial charge in [0.2, 0.25) is 6.10 Å². The van der Waals surface area contributed by atoms with Crippen molar-refractivity contribution < 1.29 is 23.6 Å². The summed E-state index contributed by atoms with van der Waals surface area (Å²) in [5.41, 5.74) is 0.784. The third-order valence-corrected chi connectivity index (χ3v) is 4.25. The van der Waals surface area contributed by atoms with Crippen LogP contribution in [0.1, 0.15) is 18.9 Å². The van der Waals surface area contributed by atoms with Crippen LogP contribution in [0.3, 0.4) is 0 Å². The monoisotopic (exact) mass is 349 g/mol. The van der Waals surface area contributed by atoms with Crippen molar-refractivity contribution in [3.8, 4) is 0 Å². The Labute approximate surface area is 145 Å². The van der Waals surface area contributed by atoms with Crippen LogP contribution in [0.4, 0.5) is 9.18 Å². The molecule has 0 bridgehead atoms. The van der Waals surface area contributed by atoms with Crippen LogP contribution in [-0.4, -0.2) is 66.4 Å². The first-order valence-corrected chi connectivity index (χ1v) is 8.28. The van der Waals surface area contributed by atoms with Crippen molar-refractivity contribution in [2.75, 3.05) is 32.8 Å². The second-order valence-corrected chi connectivity index (χ2v) is 5.83. The maximum Gasteiger partial charge on any atom is 0.409 e. The Balaban J connectivity index is 1.54. The van der Waals surface area contributed by atoms with Gasteiger partial charge in [0.1, 0.15) is 5.82 Å². The fourth-order valence-corrected chi connectivity index (χ4v) is 2.89. The van der Waals surface area contributed by atoms with Gasteiger partial charge in [0.05, 0.1) is 12.3 Å². The molecule has 0 aromatic heterocycles. The second-order valence-electron chi connectivity index (χ2n) is 5.83. The molecule has 1 aromatic rings. The van der Waals surface area contributed by atoms with E-state index in [1.165, 1.54) is 6.07 Å². The standard InChI is InChI=1S/C17H20FN3O4/c1-2-24-17(23)21-9-7-20(8-10-21)16(22)15-11-14(19-25-15)12-5-3-4-6-13(12)18/h3-6,15H,2,7-11H2,1H3. The van der Waals surface area contributed by atoms with Gasteiger partial charge < -0.3 is 19.4 Å². The maximum absolute atomic E-state index is 13.8. The zero-order valence-corrected chi connectivity index (χ0v) is 14.0. The Morgan fingerprint density at radius 3 is 2.60 bits per heavy atom. The average Bonchev–Trinajstić information content (AvgIpc) is 3.11. The smallest absolute Gasteiger partial charge is 0.409 e. The summed E-state index contributed by atoms with van der Waals surface area (Å²) in [6, 6.07) is 6.27. The summed E-state index contributed by atoms with van der Waals surface area (Å²) in [5, 5.41) is 3.88. The predicted molar refractivity (Wildman–Crippen MR) is 87.6 cm³/mol. The van der Waals surface area contributed by atoms with Crippen LogP contribution in [-0.2, 0) is 14.4 Å². The summed E-state index contributed by atoms with van der Waals surface area (Å²) < 4.78 is 18.8. The minimum absolute atomic E-state index is 0.196. The molecule has 1 unspecified atom stereocenters. The number of halogens is 1. The van der Waals surface area contributed by atoms with Crippen molar-refractivity contribution in [2.24, 2.45) is 5.16 Å². The van der Waals surface area contributed by atoms with Gasteiger partial charge in [-0.2, -0.15) is 0 Å². The van der Waals surface area contributed by atoms with Gasteiger partial charge in [-0.3, -0.25) is 4.79 Å². The third-order valence-electron chi connectivity index (χ3n) is 4.25. The molecule has 1 saturated heterocycles. The quantitative estimate of drug-likeness (QED) is 0.831. The van der Waals surface area contributed by atoms with E-state index in [9.17, 15) is 14.0 Å². The van der Waals surface area contributed by atoms with E-state index in [1.54, 1.807) is 34.9 Å². The fraction of sp³-hybridized carbons (Fsp3) is 0.471.